The molecule has 3 heteroatoms. The molecule has 0 spiro atoms. The van der Waals surface area contributed by atoms with Crippen molar-refractivity contribution in [3.05, 3.63) is 0 Å². The summed E-state index contributed by atoms with van der Waals surface area (Å²) in [6.07, 6.45) is 4.17. The van der Waals surface area contributed by atoms with Crippen molar-refractivity contribution in [1.82, 2.24) is 0 Å². The second-order valence-electron chi connectivity index (χ2n) is 4.41. The lowest BCUT2D eigenvalue weighted by Crippen LogP contribution is -2.09. The zero-order chi connectivity index (χ0) is 11.1. The van der Waals surface area contributed by atoms with Crippen molar-refractivity contribution in [2.75, 3.05) is 17.3 Å². The van der Waals surface area contributed by atoms with Gasteiger partial charge in [0, 0.05) is 15.7 Å². The lowest BCUT2D eigenvalue weighted by atomic mass is 10.3. The van der Waals surface area contributed by atoms with Gasteiger partial charge in [0.25, 0.3) is 0 Å². The molecule has 0 aromatic heterocycles. The van der Waals surface area contributed by atoms with Gasteiger partial charge < -0.3 is 0 Å². The van der Waals surface area contributed by atoms with Crippen LogP contribution in [0.2, 0.25) is 0 Å². The summed E-state index contributed by atoms with van der Waals surface area (Å²) in [5, 5.41) is 2.59. The van der Waals surface area contributed by atoms with Crippen molar-refractivity contribution in [3.8, 4) is 0 Å². The summed E-state index contributed by atoms with van der Waals surface area (Å²) in [4.78, 5) is 0. The highest BCUT2D eigenvalue weighted by Crippen LogP contribution is 2.26. The van der Waals surface area contributed by atoms with Crippen LogP contribution in [0.1, 0.15) is 40.0 Å². The minimum atomic E-state index is 0.862. The SMILES string of the molecule is CC1CCS[C@H](C)CCS[C@H](C)CCS1. The molecule has 0 aromatic carbocycles. The van der Waals surface area contributed by atoms with E-state index in [0.29, 0.717) is 0 Å². The van der Waals surface area contributed by atoms with Gasteiger partial charge in [-0.15, -0.1) is 0 Å². The average molecular weight is 265 g/mol. The van der Waals surface area contributed by atoms with E-state index in [1.54, 1.807) is 0 Å². The van der Waals surface area contributed by atoms with Crippen molar-refractivity contribution >= 4 is 35.3 Å². The summed E-state index contributed by atoms with van der Waals surface area (Å²) in [7, 11) is 0. The van der Waals surface area contributed by atoms with Gasteiger partial charge in [0.2, 0.25) is 0 Å². The number of hydrogen-bond donors (Lipinski definition) is 0. The monoisotopic (exact) mass is 264 g/mol. The van der Waals surface area contributed by atoms with E-state index >= 15 is 0 Å². The Balaban J connectivity index is 2.30. The fraction of sp³-hybridized carbons (Fsp3) is 1.00. The molecule has 1 rings (SSSR count). The fourth-order valence-corrected chi connectivity index (χ4v) is 5.53. The van der Waals surface area contributed by atoms with E-state index in [1.807, 2.05) is 0 Å². The maximum Gasteiger partial charge on any atom is 0.00265 e. The normalized spacial score (nSPS) is 36.6. The Morgan fingerprint density at radius 3 is 1.13 bits per heavy atom. The van der Waals surface area contributed by atoms with E-state index in [1.165, 1.54) is 36.5 Å². The first-order valence-corrected chi connectivity index (χ1v) is 9.18. The van der Waals surface area contributed by atoms with Crippen LogP contribution in [0.15, 0.2) is 0 Å². The lowest BCUT2D eigenvalue weighted by Gasteiger charge is -2.18. The standard InChI is InChI=1S/C12H24S3/c1-10-4-7-14-12(3)6-9-15-11(2)5-8-13-10/h10-12H,4-9H2,1-3H3/t10-,11-,12?/m1/s1. The number of hydrogen-bond acceptors (Lipinski definition) is 3. The molecule has 1 saturated heterocycles. The third kappa shape index (κ3) is 7.06. The first kappa shape index (κ1) is 14.1. The molecule has 0 saturated carbocycles. The van der Waals surface area contributed by atoms with Gasteiger partial charge in [-0.1, -0.05) is 20.8 Å². The van der Waals surface area contributed by atoms with Crippen molar-refractivity contribution in [2.45, 2.75) is 55.8 Å². The van der Waals surface area contributed by atoms with Crippen molar-refractivity contribution in [2.24, 2.45) is 0 Å². The average Bonchev–Trinajstić information content (AvgIpc) is 2.16. The molecule has 0 N–H and O–H groups in total. The highest BCUT2D eigenvalue weighted by molar-refractivity contribution is 8.01. The van der Waals surface area contributed by atoms with E-state index < -0.39 is 0 Å². The maximum absolute atomic E-state index is 2.39. The van der Waals surface area contributed by atoms with Crippen LogP contribution in [0.5, 0.6) is 0 Å². The predicted octanol–water partition coefficient (Wildman–Crippen LogP) is 4.54. The molecular formula is C12H24S3. The van der Waals surface area contributed by atoms with E-state index in [9.17, 15) is 0 Å². The quantitative estimate of drug-likeness (QED) is 0.630. The molecule has 1 aliphatic rings. The summed E-state index contributed by atoms with van der Waals surface area (Å²) in [5.74, 6) is 4.07. The van der Waals surface area contributed by atoms with Gasteiger partial charge in [0.15, 0.2) is 0 Å². The lowest BCUT2D eigenvalue weighted by molar-refractivity contribution is 0.861. The second-order valence-corrected chi connectivity index (χ2v) is 9.05. The molecule has 0 nitrogen and oxygen atoms in total. The van der Waals surface area contributed by atoms with Crippen molar-refractivity contribution in [1.29, 1.82) is 0 Å². The molecule has 90 valence electrons. The van der Waals surface area contributed by atoms with Gasteiger partial charge in [-0.2, -0.15) is 35.3 Å². The zero-order valence-electron chi connectivity index (χ0n) is 10.2. The van der Waals surface area contributed by atoms with Crippen LogP contribution < -0.4 is 0 Å². The van der Waals surface area contributed by atoms with E-state index in [-0.39, 0.29) is 0 Å². The Morgan fingerprint density at radius 1 is 0.600 bits per heavy atom. The molecule has 1 aliphatic heterocycles. The molecule has 1 unspecified atom stereocenters. The Morgan fingerprint density at radius 2 is 0.867 bits per heavy atom. The molecule has 1 heterocycles. The first-order chi connectivity index (χ1) is 7.18. The molecule has 0 aliphatic carbocycles. The fourth-order valence-electron chi connectivity index (χ4n) is 1.56. The van der Waals surface area contributed by atoms with E-state index in [0.717, 1.165) is 15.7 Å². The van der Waals surface area contributed by atoms with Gasteiger partial charge in [-0.05, 0) is 36.5 Å². The van der Waals surface area contributed by atoms with Crippen molar-refractivity contribution < 1.29 is 0 Å². The van der Waals surface area contributed by atoms with Crippen LogP contribution in [0.4, 0.5) is 0 Å². The molecular weight excluding hydrogens is 240 g/mol. The topological polar surface area (TPSA) is 0 Å². The Bertz CT molecular complexity index is 120. The minimum Gasteiger partial charge on any atom is -0.159 e. The van der Waals surface area contributed by atoms with Crippen LogP contribution in [0.25, 0.3) is 0 Å². The summed E-state index contributed by atoms with van der Waals surface area (Å²) in [6, 6.07) is 0. The third-order valence-corrected chi connectivity index (χ3v) is 6.61. The van der Waals surface area contributed by atoms with E-state index in [4.69, 9.17) is 0 Å². The molecule has 0 bridgehead atoms. The maximum atomic E-state index is 2.39. The van der Waals surface area contributed by atoms with Crippen LogP contribution in [-0.2, 0) is 0 Å². The van der Waals surface area contributed by atoms with E-state index in [2.05, 4.69) is 56.1 Å². The van der Waals surface area contributed by atoms with Gasteiger partial charge in [-0.25, -0.2) is 0 Å². The Labute approximate surface area is 108 Å². The van der Waals surface area contributed by atoms with Gasteiger partial charge in [-0.3, -0.25) is 0 Å². The number of rotatable bonds is 0. The highest BCUT2D eigenvalue weighted by atomic mass is 32.2. The summed E-state index contributed by atoms with van der Waals surface area (Å²) < 4.78 is 0. The third-order valence-electron chi connectivity index (χ3n) is 2.78. The van der Waals surface area contributed by atoms with Gasteiger partial charge in [0.05, 0.1) is 0 Å². The van der Waals surface area contributed by atoms with Gasteiger partial charge >= 0.3 is 0 Å². The summed E-state index contributed by atoms with van der Waals surface area (Å²) in [6.45, 7) is 7.17. The minimum absolute atomic E-state index is 0.862. The van der Waals surface area contributed by atoms with Crippen LogP contribution in [-0.4, -0.2) is 33.0 Å². The highest BCUT2D eigenvalue weighted by Gasteiger charge is 2.10. The summed E-state index contributed by atoms with van der Waals surface area (Å²) in [5.41, 5.74) is 0. The smallest absolute Gasteiger partial charge is 0.00265 e. The molecule has 3 atom stereocenters. The largest absolute Gasteiger partial charge is 0.159 e. The Hall–Kier alpha value is 1.05. The molecule has 15 heavy (non-hydrogen) atoms. The Kier molecular flexibility index (Phi) is 7.70. The summed E-state index contributed by atoms with van der Waals surface area (Å²) >= 11 is 6.51. The predicted molar refractivity (Wildman–Crippen MR) is 79.6 cm³/mol. The molecule has 1 fully saturated rings. The first-order valence-electron chi connectivity index (χ1n) is 6.03. The van der Waals surface area contributed by atoms with Gasteiger partial charge in [0.1, 0.15) is 0 Å². The van der Waals surface area contributed by atoms with Crippen LogP contribution in [0, 0.1) is 0 Å². The molecule has 0 amide bonds. The van der Waals surface area contributed by atoms with Crippen molar-refractivity contribution in [3.63, 3.8) is 0 Å². The second kappa shape index (κ2) is 8.19. The van der Waals surface area contributed by atoms with Crippen LogP contribution in [0.3, 0.4) is 0 Å². The molecule has 0 aromatic rings. The zero-order valence-corrected chi connectivity index (χ0v) is 12.6. The number of thioether (sulfide) groups is 3. The van der Waals surface area contributed by atoms with Crippen LogP contribution >= 0.6 is 35.3 Å². The molecule has 0 radical (unpaired) electrons.